The number of piperazine rings is 1. The van der Waals surface area contributed by atoms with Crippen molar-refractivity contribution in [2.24, 2.45) is 11.3 Å². The highest BCUT2D eigenvalue weighted by Crippen LogP contribution is 2.41. The number of rotatable bonds is 8. The zero-order chi connectivity index (χ0) is 21.2. The van der Waals surface area contributed by atoms with Crippen LogP contribution in [0.3, 0.4) is 0 Å². The van der Waals surface area contributed by atoms with Crippen molar-refractivity contribution in [3.8, 4) is 0 Å². The summed E-state index contributed by atoms with van der Waals surface area (Å²) in [6, 6.07) is 0.807. The van der Waals surface area contributed by atoms with Gasteiger partial charge in [-0.1, -0.05) is 58.8 Å². The number of hydrogen-bond donors (Lipinski definition) is 1. The lowest BCUT2D eigenvalue weighted by molar-refractivity contribution is -0.125. The third-order valence-corrected chi connectivity index (χ3v) is 8.61. The van der Waals surface area contributed by atoms with Crippen LogP contribution in [-0.2, 0) is 4.79 Å². The molecule has 0 aromatic rings. The summed E-state index contributed by atoms with van der Waals surface area (Å²) in [5.41, 5.74) is 0.537. The van der Waals surface area contributed by atoms with Crippen molar-refractivity contribution in [1.29, 1.82) is 0 Å². The summed E-state index contributed by atoms with van der Waals surface area (Å²) in [6.07, 6.45) is 18.0. The molecule has 1 heterocycles. The van der Waals surface area contributed by atoms with Crippen molar-refractivity contribution >= 4 is 5.91 Å². The number of nitrogens with one attached hydrogen (secondary N) is 1. The SMILES string of the molecule is CCC1(C)CCCCC1N1CCN(CCCCNC(=O)C2CCCCCCC2)CC1. The second-order valence-corrected chi connectivity index (χ2v) is 10.7. The molecule has 30 heavy (non-hydrogen) atoms. The van der Waals surface area contributed by atoms with Crippen molar-refractivity contribution in [1.82, 2.24) is 15.1 Å². The van der Waals surface area contributed by atoms with Gasteiger partial charge in [-0.2, -0.15) is 0 Å². The van der Waals surface area contributed by atoms with E-state index in [0.717, 1.165) is 31.8 Å². The Morgan fingerprint density at radius 1 is 0.900 bits per heavy atom. The molecule has 2 unspecified atom stereocenters. The number of carbonyl (C=O) groups is 1. The van der Waals surface area contributed by atoms with Gasteiger partial charge in [0.1, 0.15) is 0 Å². The quantitative estimate of drug-likeness (QED) is 0.548. The Morgan fingerprint density at radius 3 is 2.27 bits per heavy atom. The van der Waals surface area contributed by atoms with Crippen LogP contribution in [0.4, 0.5) is 0 Å². The molecule has 0 radical (unpaired) electrons. The molecule has 2 atom stereocenters. The van der Waals surface area contributed by atoms with Crippen LogP contribution >= 0.6 is 0 Å². The smallest absolute Gasteiger partial charge is 0.223 e. The predicted octanol–water partition coefficient (Wildman–Crippen LogP) is 5.22. The van der Waals surface area contributed by atoms with Gasteiger partial charge in [0.2, 0.25) is 5.91 Å². The fourth-order valence-corrected chi connectivity index (χ4v) is 6.25. The maximum absolute atomic E-state index is 12.5. The number of hydrogen-bond acceptors (Lipinski definition) is 3. The van der Waals surface area contributed by atoms with Crippen molar-refractivity contribution < 1.29 is 4.79 Å². The van der Waals surface area contributed by atoms with Gasteiger partial charge in [-0.05, 0) is 56.9 Å². The highest BCUT2D eigenvalue weighted by molar-refractivity contribution is 5.78. The monoisotopic (exact) mass is 419 g/mol. The van der Waals surface area contributed by atoms with Crippen LogP contribution in [-0.4, -0.2) is 61.0 Å². The van der Waals surface area contributed by atoms with Crippen LogP contribution in [0.1, 0.15) is 104 Å². The molecule has 1 N–H and O–H groups in total. The number of nitrogens with zero attached hydrogens (tertiary/aromatic N) is 2. The Labute approximate surface area is 186 Å². The van der Waals surface area contributed by atoms with Crippen LogP contribution in [0, 0.1) is 11.3 Å². The average molecular weight is 420 g/mol. The van der Waals surface area contributed by atoms with E-state index in [-0.39, 0.29) is 5.92 Å². The van der Waals surface area contributed by atoms with Gasteiger partial charge in [0, 0.05) is 44.7 Å². The predicted molar refractivity (Wildman–Crippen MR) is 127 cm³/mol. The van der Waals surface area contributed by atoms with Crippen molar-refractivity contribution in [2.75, 3.05) is 39.3 Å². The van der Waals surface area contributed by atoms with E-state index in [1.165, 1.54) is 103 Å². The van der Waals surface area contributed by atoms with Crippen molar-refractivity contribution in [3.05, 3.63) is 0 Å². The number of amides is 1. The summed E-state index contributed by atoms with van der Waals surface area (Å²) in [4.78, 5) is 17.9. The third kappa shape index (κ3) is 6.95. The Morgan fingerprint density at radius 2 is 1.57 bits per heavy atom. The lowest BCUT2D eigenvalue weighted by Crippen LogP contribution is -2.55. The minimum Gasteiger partial charge on any atom is -0.356 e. The molecule has 0 aromatic carbocycles. The van der Waals surface area contributed by atoms with Gasteiger partial charge in [-0.25, -0.2) is 0 Å². The first-order chi connectivity index (χ1) is 14.6. The van der Waals surface area contributed by atoms with Gasteiger partial charge >= 0.3 is 0 Å². The zero-order valence-corrected chi connectivity index (χ0v) is 20.1. The first-order valence-electron chi connectivity index (χ1n) is 13.4. The largest absolute Gasteiger partial charge is 0.356 e. The summed E-state index contributed by atoms with van der Waals surface area (Å²) in [5, 5.41) is 3.24. The maximum Gasteiger partial charge on any atom is 0.223 e. The second kappa shape index (κ2) is 12.4. The first kappa shape index (κ1) is 24.0. The van der Waals surface area contributed by atoms with Crippen LogP contribution < -0.4 is 5.32 Å². The molecule has 3 rings (SSSR count). The van der Waals surface area contributed by atoms with E-state index in [2.05, 4.69) is 29.0 Å². The van der Waals surface area contributed by atoms with Gasteiger partial charge in [0.15, 0.2) is 0 Å². The van der Waals surface area contributed by atoms with E-state index >= 15 is 0 Å². The van der Waals surface area contributed by atoms with E-state index in [9.17, 15) is 4.79 Å². The van der Waals surface area contributed by atoms with Crippen molar-refractivity contribution in [3.63, 3.8) is 0 Å². The molecule has 1 amide bonds. The summed E-state index contributed by atoms with van der Waals surface area (Å²) >= 11 is 0. The minimum atomic E-state index is 0.284. The fraction of sp³-hybridized carbons (Fsp3) is 0.962. The third-order valence-electron chi connectivity index (χ3n) is 8.61. The maximum atomic E-state index is 12.5. The molecule has 174 valence electrons. The molecule has 1 aliphatic heterocycles. The Kier molecular flexibility index (Phi) is 9.96. The van der Waals surface area contributed by atoms with Gasteiger partial charge in [-0.3, -0.25) is 9.69 Å². The molecular weight excluding hydrogens is 370 g/mol. The molecule has 3 aliphatic rings. The molecule has 4 heteroatoms. The fourth-order valence-electron chi connectivity index (χ4n) is 6.25. The number of carbonyl (C=O) groups excluding carboxylic acids is 1. The normalized spacial score (nSPS) is 30.5. The second-order valence-electron chi connectivity index (χ2n) is 10.7. The average Bonchev–Trinajstić information content (AvgIpc) is 2.74. The van der Waals surface area contributed by atoms with E-state index in [4.69, 9.17) is 0 Å². The summed E-state index contributed by atoms with van der Waals surface area (Å²) in [5.74, 6) is 0.615. The van der Waals surface area contributed by atoms with Crippen LogP contribution in [0.5, 0.6) is 0 Å². The van der Waals surface area contributed by atoms with Crippen LogP contribution in [0.25, 0.3) is 0 Å². The highest BCUT2D eigenvalue weighted by Gasteiger charge is 2.39. The standard InChI is InChI=1S/C26H49N3O/c1-3-26(2)16-10-9-15-24(26)29-21-19-28(20-22-29)18-12-11-17-27-25(30)23-13-7-5-4-6-8-14-23/h23-24H,3-22H2,1-2H3,(H,27,30). The lowest BCUT2D eigenvalue weighted by atomic mass is 9.69. The van der Waals surface area contributed by atoms with Crippen LogP contribution in [0.15, 0.2) is 0 Å². The molecule has 1 saturated heterocycles. The molecule has 2 saturated carbocycles. The summed E-state index contributed by atoms with van der Waals surface area (Å²) in [6.45, 7) is 11.9. The summed E-state index contributed by atoms with van der Waals surface area (Å²) in [7, 11) is 0. The molecule has 3 fully saturated rings. The van der Waals surface area contributed by atoms with Crippen LogP contribution in [0.2, 0.25) is 0 Å². The molecule has 0 bridgehead atoms. The van der Waals surface area contributed by atoms with Gasteiger partial charge in [0.25, 0.3) is 0 Å². The van der Waals surface area contributed by atoms with Gasteiger partial charge in [-0.15, -0.1) is 0 Å². The lowest BCUT2D eigenvalue weighted by Gasteiger charge is -2.49. The Bertz CT molecular complexity index is 495. The zero-order valence-electron chi connectivity index (χ0n) is 20.1. The summed E-state index contributed by atoms with van der Waals surface area (Å²) < 4.78 is 0. The Hall–Kier alpha value is -0.610. The Balaban J connectivity index is 1.27. The van der Waals surface area contributed by atoms with Crippen molar-refractivity contribution in [2.45, 2.75) is 110 Å². The minimum absolute atomic E-state index is 0.284. The molecule has 0 aromatic heterocycles. The molecule has 0 spiro atoms. The molecule has 4 nitrogen and oxygen atoms in total. The van der Waals surface area contributed by atoms with E-state index in [1.807, 2.05) is 0 Å². The molecule has 2 aliphatic carbocycles. The van der Waals surface area contributed by atoms with E-state index in [1.54, 1.807) is 0 Å². The van der Waals surface area contributed by atoms with Gasteiger partial charge in [0.05, 0.1) is 0 Å². The van der Waals surface area contributed by atoms with Gasteiger partial charge < -0.3 is 10.2 Å². The molecular formula is C26H49N3O. The van der Waals surface area contributed by atoms with E-state index < -0.39 is 0 Å². The number of unbranched alkanes of at least 4 members (excludes halogenated alkanes) is 1. The van der Waals surface area contributed by atoms with E-state index in [0.29, 0.717) is 11.3 Å². The first-order valence-corrected chi connectivity index (χ1v) is 13.4. The highest BCUT2D eigenvalue weighted by atomic mass is 16.1. The topological polar surface area (TPSA) is 35.6 Å².